The van der Waals surface area contributed by atoms with Crippen LogP contribution in [0.1, 0.15) is 32.6 Å². The number of carbonyl (C=O) groups excluding carboxylic acids is 1. The summed E-state index contributed by atoms with van der Waals surface area (Å²) < 4.78 is 13.5. The molecule has 1 N–H and O–H groups in total. The molecule has 104 valence electrons. The van der Waals surface area contributed by atoms with Gasteiger partial charge < -0.3 is 5.32 Å². The minimum absolute atomic E-state index is 0.307. The minimum Gasteiger partial charge on any atom is -0.326 e. The lowest BCUT2D eigenvalue weighted by atomic mass is 9.83. The molecule has 1 aliphatic heterocycles. The molecule has 0 spiro atoms. The number of carbonyl (C=O) groups is 1. The minimum atomic E-state index is -1.33. The first-order valence-corrected chi connectivity index (χ1v) is 6.59. The first-order chi connectivity index (χ1) is 9.98. The highest BCUT2D eigenvalue weighted by Crippen LogP contribution is 2.38. The summed E-state index contributed by atoms with van der Waals surface area (Å²) in [7, 11) is 0. The normalized spacial score (nSPS) is 19.8. The Kier molecular flexibility index (Phi) is 2.80. The zero-order valence-electron chi connectivity index (χ0n) is 11.7. The maximum Gasteiger partial charge on any atom is 0.253 e. The molecule has 0 bridgehead atoms. The second-order valence-electron chi connectivity index (χ2n) is 5.31. The van der Waals surface area contributed by atoms with E-state index in [1.54, 1.807) is 12.1 Å². The average molecular weight is 280 g/mol. The van der Waals surface area contributed by atoms with Crippen molar-refractivity contribution in [1.82, 2.24) is 5.32 Å². The number of amides is 1. The van der Waals surface area contributed by atoms with E-state index in [1.165, 1.54) is 18.2 Å². The smallest absolute Gasteiger partial charge is 0.253 e. The number of hydrogen-bond donors (Lipinski definition) is 1. The quantitative estimate of drug-likeness (QED) is 0.873. The summed E-state index contributed by atoms with van der Waals surface area (Å²) >= 11 is 0. The van der Waals surface area contributed by atoms with Crippen molar-refractivity contribution in [3.8, 4) is 6.07 Å². The van der Waals surface area contributed by atoms with Gasteiger partial charge in [-0.2, -0.15) is 5.26 Å². The highest BCUT2D eigenvalue weighted by molar-refractivity contribution is 6.01. The molecule has 1 amide bonds. The maximum atomic E-state index is 13.5. The van der Waals surface area contributed by atoms with Crippen molar-refractivity contribution < 1.29 is 9.18 Å². The molecule has 3 nitrogen and oxygen atoms in total. The summed E-state index contributed by atoms with van der Waals surface area (Å²) in [6.07, 6.45) is 0. The molecule has 2 aromatic carbocycles. The van der Waals surface area contributed by atoms with Gasteiger partial charge in [0.2, 0.25) is 0 Å². The van der Waals surface area contributed by atoms with E-state index in [2.05, 4.69) is 11.4 Å². The van der Waals surface area contributed by atoms with E-state index in [-0.39, 0.29) is 5.91 Å². The molecule has 1 aliphatic rings. The number of benzene rings is 2. The molecule has 0 saturated heterocycles. The monoisotopic (exact) mass is 280 g/mol. The number of halogens is 1. The van der Waals surface area contributed by atoms with Crippen LogP contribution in [0.15, 0.2) is 36.4 Å². The number of aryl methyl sites for hydroxylation is 2. The zero-order chi connectivity index (χ0) is 15.2. The average Bonchev–Trinajstić information content (AvgIpc) is 2.73. The van der Waals surface area contributed by atoms with Gasteiger partial charge in [0.15, 0.2) is 5.54 Å². The van der Waals surface area contributed by atoms with Crippen LogP contribution in [0.3, 0.4) is 0 Å². The van der Waals surface area contributed by atoms with Crippen LogP contribution in [0.5, 0.6) is 0 Å². The van der Waals surface area contributed by atoms with Gasteiger partial charge in [-0.05, 0) is 48.7 Å². The molecule has 0 aromatic heterocycles. The molecule has 1 unspecified atom stereocenters. The molecule has 0 fully saturated rings. The second kappa shape index (κ2) is 4.42. The predicted octanol–water partition coefficient (Wildman–Crippen LogP) is 2.95. The molecule has 0 saturated carbocycles. The Morgan fingerprint density at radius 3 is 2.57 bits per heavy atom. The Morgan fingerprint density at radius 1 is 1.19 bits per heavy atom. The summed E-state index contributed by atoms with van der Waals surface area (Å²) in [4.78, 5) is 12.2. The van der Waals surface area contributed by atoms with E-state index in [0.717, 1.165) is 11.1 Å². The standard InChI is InChI=1S/C17H13FN2O/c1-10-6-14-15(7-11(10)2)17(9-19,20-16(14)21)12-4-3-5-13(18)8-12/h3-8H,1-2H3,(H,20,21). The van der Waals surface area contributed by atoms with Gasteiger partial charge in [-0.1, -0.05) is 18.2 Å². The van der Waals surface area contributed by atoms with Gasteiger partial charge in [0.05, 0.1) is 0 Å². The van der Waals surface area contributed by atoms with Gasteiger partial charge in [0.1, 0.15) is 11.9 Å². The first-order valence-electron chi connectivity index (χ1n) is 6.59. The van der Waals surface area contributed by atoms with Crippen LogP contribution in [0.25, 0.3) is 0 Å². The van der Waals surface area contributed by atoms with E-state index < -0.39 is 11.4 Å². The van der Waals surface area contributed by atoms with Crippen LogP contribution in [0.2, 0.25) is 0 Å². The summed E-state index contributed by atoms with van der Waals surface area (Å²) in [6.45, 7) is 3.84. The SMILES string of the molecule is Cc1cc2c(cc1C)C(C#N)(c1cccc(F)c1)NC2=O. The lowest BCUT2D eigenvalue weighted by molar-refractivity contribution is 0.0951. The van der Waals surface area contributed by atoms with Gasteiger partial charge in [-0.15, -0.1) is 0 Å². The Bertz CT molecular complexity index is 807. The van der Waals surface area contributed by atoms with Crippen LogP contribution in [0.4, 0.5) is 4.39 Å². The lowest BCUT2D eigenvalue weighted by Gasteiger charge is -2.23. The van der Waals surface area contributed by atoms with Crippen LogP contribution < -0.4 is 5.32 Å². The highest BCUT2D eigenvalue weighted by atomic mass is 19.1. The van der Waals surface area contributed by atoms with Gasteiger partial charge in [0, 0.05) is 11.1 Å². The van der Waals surface area contributed by atoms with Crippen molar-refractivity contribution in [2.45, 2.75) is 19.4 Å². The topological polar surface area (TPSA) is 52.9 Å². The van der Waals surface area contributed by atoms with Gasteiger partial charge in [0.25, 0.3) is 5.91 Å². The van der Waals surface area contributed by atoms with Gasteiger partial charge in [-0.3, -0.25) is 4.79 Å². The van der Waals surface area contributed by atoms with Crippen LogP contribution >= 0.6 is 0 Å². The van der Waals surface area contributed by atoms with Gasteiger partial charge in [-0.25, -0.2) is 4.39 Å². The third kappa shape index (κ3) is 1.82. The molecular formula is C17H13FN2O. The summed E-state index contributed by atoms with van der Waals surface area (Å²) in [5.41, 5.74) is 2.14. The molecule has 3 rings (SSSR count). The largest absolute Gasteiger partial charge is 0.326 e. The Morgan fingerprint density at radius 2 is 1.90 bits per heavy atom. The Hall–Kier alpha value is -2.67. The molecule has 0 aliphatic carbocycles. The van der Waals surface area contributed by atoms with Crippen molar-refractivity contribution in [3.63, 3.8) is 0 Å². The second-order valence-corrected chi connectivity index (χ2v) is 5.31. The van der Waals surface area contributed by atoms with Crippen molar-refractivity contribution >= 4 is 5.91 Å². The van der Waals surface area contributed by atoms with Crippen molar-refractivity contribution in [2.75, 3.05) is 0 Å². The number of nitrogens with zero attached hydrogens (tertiary/aromatic N) is 1. The molecular weight excluding hydrogens is 267 g/mol. The fourth-order valence-corrected chi connectivity index (χ4v) is 2.72. The molecule has 21 heavy (non-hydrogen) atoms. The molecule has 0 radical (unpaired) electrons. The summed E-state index contributed by atoms with van der Waals surface area (Å²) in [6, 6.07) is 11.5. The lowest BCUT2D eigenvalue weighted by Crippen LogP contribution is -2.39. The van der Waals surface area contributed by atoms with E-state index in [9.17, 15) is 14.4 Å². The first kappa shape index (κ1) is 13.3. The van der Waals surface area contributed by atoms with E-state index in [1.807, 2.05) is 19.9 Å². The Labute approximate surface area is 122 Å². The summed E-state index contributed by atoms with van der Waals surface area (Å²) in [5, 5.41) is 12.4. The van der Waals surface area contributed by atoms with Gasteiger partial charge >= 0.3 is 0 Å². The fourth-order valence-electron chi connectivity index (χ4n) is 2.72. The third-order valence-corrected chi connectivity index (χ3v) is 4.01. The van der Waals surface area contributed by atoms with Crippen LogP contribution in [-0.4, -0.2) is 5.91 Å². The number of hydrogen-bond acceptors (Lipinski definition) is 2. The molecule has 2 aromatic rings. The summed E-state index contributed by atoms with van der Waals surface area (Å²) in [5.74, 6) is -0.743. The Balaban J connectivity index is 2.31. The van der Waals surface area contributed by atoms with E-state index in [4.69, 9.17) is 0 Å². The maximum absolute atomic E-state index is 13.5. The predicted molar refractivity (Wildman–Crippen MR) is 76.2 cm³/mol. The van der Waals surface area contributed by atoms with Crippen molar-refractivity contribution in [1.29, 1.82) is 5.26 Å². The molecule has 1 heterocycles. The zero-order valence-corrected chi connectivity index (χ0v) is 11.7. The van der Waals surface area contributed by atoms with E-state index >= 15 is 0 Å². The number of fused-ring (bicyclic) bond motifs is 1. The fraction of sp³-hybridized carbons (Fsp3) is 0.176. The number of nitrogens with one attached hydrogen (secondary N) is 1. The van der Waals surface area contributed by atoms with E-state index in [0.29, 0.717) is 16.7 Å². The van der Waals surface area contributed by atoms with Crippen LogP contribution in [-0.2, 0) is 5.54 Å². The number of nitriles is 1. The van der Waals surface area contributed by atoms with Crippen molar-refractivity contribution in [2.24, 2.45) is 0 Å². The van der Waals surface area contributed by atoms with Crippen molar-refractivity contribution in [3.05, 3.63) is 70.0 Å². The van der Waals surface area contributed by atoms with Crippen LogP contribution in [0, 0.1) is 31.0 Å². The molecule has 4 heteroatoms. The molecule has 1 atom stereocenters. The number of rotatable bonds is 1. The highest BCUT2D eigenvalue weighted by Gasteiger charge is 2.45. The third-order valence-electron chi connectivity index (χ3n) is 4.01.